The van der Waals surface area contributed by atoms with E-state index in [0.29, 0.717) is 17.8 Å². The summed E-state index contributed by atoms with van der Waals surface area (Å²) < 4.78 is 66.7. The summed E-state index contributed by atoms with van der Waals surface area (Å²) in [6, 6.07) is 10.1. The molecule has 0 fully saturated rings. The maximum Gasteiger partial charge on any atom is 0.573 e. The summed E-state index contributed by atoms with van der Waals surface area (Å²) in [5, 5.41) is 5.24. The molecule has 31 heavy (non-hydrogen) atoms. The van der Waals surface area contributed by atoms with Crippen LogP contribution in [0.2, 0.25) is 0 Å². The zero-order chi connectivity index (χ0) is 23.1. The third-order valence-electron chi connectivity index (χ3n) is 3.79. The molecular weight excluding hydrogens is 439 g/mol. The van der Waals surface area contributed by atoms with E-state index in [1.807, 2.05) is 0 Å². The van der Waals surface area contributed by atoms with Gasteiger partial charge in [-0.2, -0.15) is 0 Å². The maximum absolute atomic E-state index is 12.2. The van der Waals surface area contributed by atoms with Crippen LogP contribution in [0.4, 0.5) is 24.5 Å². The quantitative estimate of drug-likeness (QED) is 0.533. The third-order valence-corrected chi connectivity index (χ3v) is 5.26. The van der Waals surface area contributed by atoms with Gasteiger partial charge in [-0.05, 0) is 48.5 Å². The highest BCUT2D eigenvalue weighted by Crippen LogP contribution is 2.23. The molecular formula is C19H20F3N3O5S. The Morgan fingerprint density at radius 3 is 1.90 bits per heavy atom. The van der Waals surface area contributed by atoms with E-state index in [1.54, 1.807) is 31.2 Å². The van der Waals surface area contributed by atoms with Gasteiger partial charge < -0.3 is 15.4 Å². The molecule has 0 unspecified atom stereocenters. The first kappa shape index (κ1) is 24.2. The van der Waals surface area contributed by atoms with Crippen molar-refractivity contribution in [1.29, 1.82) is 0 Å². The highest BCUT2D eigenvalue weighted by Gasteiger charge is 2.31. The number of carbonyl (C=O) groups is 2. The molecule has 2 aromatic carbocycles. The van der Waals surface area contributed by atoms with E-state index >= 15 is 0 Å². The number of benzene rings is 2. The van der Waals surface area contributed by atoms with Gasteiger partial charge in [-0.25, -0.2) is 13.1 Å². The number of rotatable bonds is 9. The van der Waals surface area contributed by atoms with Gasteiger partial charge in [0.25, 0.3) is 0 Å². The average molecular weight is 459 g/mol. The normalized spacial score (nSPS) is 11.6. The van der Waals surface area contributed by atoms with Gasteiger partial charge in [0.05, 0.1) is 4.90 Å². The Morgan fingerprint density at radius 1 is 0.903 bits per heavy atom. The first-order chi connectivity index (χ1) is 14.5. The minimum Gasteiger partial charge on any atom is -0.406 e. The molecule has 3 N–H and O–H groups in total. The van der Waals surface area contributed by atoms with E-state index in [9.17, 15) is 31.2 Å². The van der Waals surface area contributed by atoms with Crippen LogP contribution < -0.4 is 20.1 Å². The van der Waals surface area contributed by atoms with Gasteiger partial charge in [0, 0.05) is 30.8 Å². The van der Waals surface area contributed by atoms with Crippen molar-refractivity contribution in [2.24, 2.45) is 0 Å². The topological polar surface area (TPSA) is 114 Å². The fourth-order valence-corrected chi connectivity index (χ4v) is 3.34. The van der Waals surface area contributed by atoms with Crippen LogP contribution in [-0.4, -0.2) is 33.1 Å². The summed E-state index contributed by atoms with van der Waals surface area (Å²) >= 11 is 0. The molecule has 0 aliphatic heterocycles. The van der Waals surface area contributed by atoms with Crippen molar-refractivity contribution in [3.05, 3.63) is 48.5 Å². The van der Waals surface area contributed by atoms with Gasteiger partial charge in [0.15, 0.2) is 0 Å². The summed E-state index contributed by atoms with van der Waals surface area (Å²) in [6.45, 7) is 1.50. The lowest BCUT2D eigenvalue weighted by atomic mass is 10.2. The molecule has 0 aliphatic carbocycles. The Kier molecular flexibility index (Phi) is 8.00. The average Bonchev–Trinajstić information content (AvgIpc) is 2.68. The predicted octanol–water partition coefficient (Wildman–Crippen LogP) is 3.24. The number of anilines is 2. The number of sulfonamides is 1. The number of carbonyl (C=O) groups excluding carboxylic acids is 2. The van der Waals surface area contributed by atoms with Gasteiger partial charge in [0.2, 0.25) is 21.8 Å². The van der Waals surface area contributed by atoms with Gasteiger partial charge in [-0.3, -0.25) is 9.59 Å². The standard InChI is InChI=1S/C19H20F3N3O5S/c1-2-17(26)24-13-3-5-14(6-4-13)25-18(27)11-12-23-31(28,29)16-9-7-15(8-10-16)30-19(20,21)22/h3-10,23H,2,11-12H2,1H3,(H,24,26)(H,25,27). The number of alkyl halides is 3. The van der Waals surface area contributed by atoms with Crippen molar-refractivity contribution in [2.45, 2.75) is 31.0 Å². The zero-order valence-corrected chi connectivity index (χ0v) is 17.1. The van der Waals surface area contributed by atoms with Crippen LogP contribution in [0, 0.1) is 0 Å². The molecule has 0 bridgehead atoms. The molecule has 0 heterocycles. The Hall–Kier alpha value is -3.12. The van der Waals surface area contributed by atoms with Gasteiger partial charge >= 0.3 is 6.36 Å². The fourth-order valence-electron chi connectivity index (χ4n) is 2.31. The molecule has 12 heteroatoms. The smallest absolute Gasteiger partial charge is 0.406 e. The predicted molar refractivity (Wildman–Crippen MR) is 107 cm³/mol. The Bertz CT molecular complexity index is 1010. The lowest BCUT2D eigenvalue weighted by Crippen LogP contribution is -2.27. The van der Waals surface area contributed by atoms with Crippen LogP contribution in [0.1, 0.15) is 19.8 Å². The minimum absolute atomic E-state index is 0.147. The minimum atomic E-state index is -4.88. The summed E-state index contributed by atoms with van der Waals surface area (Å²) in [5.74, 6) is -1.15. The molecule has 0 saturated heterocycles. The number of hydrogen-bond donors (Lipinski definition) is 3. The molecule has 0 saturated carbocycles. The molecule has 0 spiro atoms. The van der Waals surface area contributed by atoms with E-state index in [1.165, 1.54) is 0 Å². The van der Waals surface area contributed by atoms with Crippen molar-refractivity contribution < 1.29 is 35.9 Å². The van der Waals surface area contributed by atoms with E-state index in [2.05, 4.69) is 20.1 Å². The number of nitrogens with one attached hydrogen (secondary N) is 3. The van der Waals surface area contributed by atoms with Gasteiger partial charge in [0.1, 0.15) is 5.75 Å². The summed E-state index contributed by atoms with van der Waals surface area (Å²) in [4.78, 5) is 23.0. The van der Waals surface area contributed by atoms with Crippen molar-refractivity contribution >= 4 is 33.2 Å². The molecule has 0 atom stereocenters. The third kappa shape index (κ3) is 8.26. The van der Waals surface area contributed by atoms with Crippen LogP contribution in [0.3, 0.4) is 0 Å². The van der Waals surface area contributed by atoms with Crippen LogP contribution in [0.25, 0.3) is 0 Å². The van der Waals surface area contributed by atoms with E-state index in [0.717, 1.165) is 24.3 Å². The first-order valence-electron chi connectivity index (χ1n) is 9.04. The monoisotopic (exact) mass is 459 g/mol. The number of ether oxygens (including phenoxy) is 1. The molecule has 0 aliphatic rings. The lowest BCUT2D eigenvalue weighted by Gasteiger charge is -2.10. The Morgan fingerprint density at radius 2 is 1.42 bits per heavy atom. The summed E-state index contributed by atoms with van der Waals surface area (Å²) in [6.07, 6.45) is -4.72. The largest absolute Gasteiger partial charge is 0.573 e. The highest BCUT2D eigenvalue weighted by atomic mass is 32.2. The van der Waals surface area contributed by atoms with Crippen LogP contribution in [-0.2, 0) is 19.6 Å². The van der Waals surface area contributed by atoms with Crippen LogP contribution in [0.15, 0.2) is 53.4 Å². The second-order valence-electron chi connectivity index (χ2n) is 6.19. The number of amides is 2. The van der Waals surface area contributed by atoms with Crippen LogP contribution in [0.5, 0.6) is 5.75 Å². The number of halogens is 3. The van der Waals surface area contributed by atoms with Crippen molar-refractivity contribution in [3.8, 4) is 5.75 Å². The molecule has 0 aromatic heterocycles. The van der Waals surface area contributed by atoms with Crippen molar-refractivity contribution in [1.82, 2.24) is 4.72 Å². The van der Waals surface area contributed by atoms with E-state index in [-0.39, 0.29) is 23.8 Å². The molecule has 2 amide bonds. The summed E-state index contributed by atoms with van der Waals surface area (Å²) in [7, 11) is -4.02. The fraction of sp³-hybridized carbons (Fsp3) is 0.263. The lowest BCUT2D eigenvalue weighted by molar-refractivity contribution is -0.274. The Labute approximate surface area is 176 Å². The summed E-state index contributed by atoms with van der Waals surface area (Å²) in [5.41, 5.74) is 1.03. The van der Waals surface area contributed by atoms with E-state index < -0.39 is 28.0 Å². The maximum atomic E-state index is 12.2. The molecule has 2 aromatic rings. The van der Waals surface area contributed by atoms with E-state index in [4.69, 9.17) is 0 Å². The zero-order valence-electron chi connectivity index (χ0n) is 16.3. The van der Waals surface area contributed by atoms with Gasteiger partial charge in [-0.15, -0.1) is 13.2 Å². The first-order valence-corrected chi connectivity index (χ1v) is 10.5. The van der Waals surface area contributed by atoms with Gasteiger partial charge in [-0.1, -0.05) is 6.92 Å². The molecule has 2 rings (SSSR count). The molecule has 8 nitrogen and oxygen atoms in total. The van der Waals surface area contributed by atoms with Crippen LogP contribution >= 0.6 is 0 Å². The second-order valence-corrected chi connectivity index (χ2v) is 7.96. The number of hydrogen-bond acceptors (Lipinski definition) is 5. The van der Waals surface area contributed by atoms with Crippen molar-refractivity contribution in [3.63, 3.8) is 0 Å². The van der Waals surface area contributed by atoms with Crippen molar-refractivity contribution in [2.75, 3.05) is 17.2 Å². The second kappa shape index (κ2) is 10.3. The Balaban J connectivity index is 1.83. The highest BCUT2D eigenvalue weighted by molar-refractivity contribution is 7.89. The molecule has 0 radical (unpaired) electrons. The molecule has 168 valence electrons. The SMILES string of the molecule is CCC(=O)Nc1ccc(NC(=O)CCNS(=O)(=O)c2ccc(OC(F)(F)F)cc2)cc1.